The van der Waals surface area contributed by atoms with Crippen molar-refractivity contribution in [2.75, 3.05) is 0 Å². The molecular weight excluding hydrogens is 332 g/mol. The van der Waals surface area contributed by atoms with Gasteiger partial charge in [0.2, 0.25) is 5.16 Å². The number of hydrogen-bond acceptors (Lipinski definition) is 5. The van der Waals surface area contributed by atoms with E-state index >= 15 is 0 Å². The van der Waals surface area contributed by atoms with Crippen molar-refractivity contribution in [1.82, 2.24) is 20.2 Å². The van der Waals surface area contributed by atoms with Gasteiger partial charge in [-0.1, -0.05) is 24.6 Å². The Morgan fingerprint density at radius 2 is 1.72 bits per heavy atom. The number of hydrogen-bond donors (Lipinski definition) is 0. The lowest BCUT2D eigenvalue weighted by Crippen LogP contribution is -2.51. The number of Topliss-reactive ketones (excluding diaryl/α,β-unsaturated/α-hetero) is 1. The van der Waals surface area contributed by atoms with E-state index in [1.807, 2.05) is 4.68 Å². The molecule has 5 aliphatic rings. The minimum Gasteiger partial charge on any atom is -0.298 e. The molecule has 0 saturated heterocycles. The van der Waals surface area contributed by atoms with E-state index in [9.17, 15) is 4.79 Å². The Bertz CT molecular complexity index is 631. The van der Waals surface area contributed by atoms with Crippen LogP contribution in [0.25, 0.3) is 0 Å². The maximum absolute atomic E-state index is 13.5. The molecule has 136 valence electrons. The highest BCUT2D eigenvalue weighted by atomic mass is 32.2. The summed E-state index contributed by atoms with van der Waals surface area (Å²) in [6.07, 6.45) is 12.4. The lowest BCUT2D eigenvalue weighted by molar-refractivity contribution is -0.143. The van der Waals surface area contributed by atoms with Crippen molar-refractivity contribution in [3.63, 3.8) is 0 Å². The van der Waals surface area contributed by atoms with Crippen LogP contribution in [0.1, 0.15) is 77.2 Å². The number of rotatable bonds is 5. The van der Waals surface area contributed by atoms with Crippen LogP contribution in [0.5, 0.6) is 0 Å². The second kappa shape index (κ2) is 6.07. The number of thioether (sulfide) groups is 1. The first-order valence-electron chi connectivity index (χ1n) is 10.1. The average Bonchev–Trinajstić information content (AvgIpc) is 3.23. The minimum absolute atomic E-state index is 0.0210. The third-order valence-electron chi connectivity index (χ3n) is 7.35. The minimum atomic E-state index is -0.0394. The van der Waals surface area contributed by atoms with Crippen LogP contribution >= 0.6 is 11.8 Å². The fourth-order valence-corrected chi connectivity index (χ4v) is 7.75. The molecule has 1 aromatic heterocycles. The molecule has 25 heavy (non-hydrogen) atoms. The molecule has 0 spiro atoms. The molecule has 4 bridgehead atoms. The van der Waals surface area contributed by atoms with Crippen LogP contribution in [0.2, 0.25) is 0 Å². The molecule has 1 unspecified atom stereocenters. The van der Waals surface area contributed by atoms with Gasteiger partial charge < -0.3 is 0 Å². The quantitative estimate of drug-likeness (QED) is 0.741. The standard InChI is InChI=1S/C19H28N4OS/c1-12(25-18-20-21-22-23(18)16-4-2-3-5-16)17(24)19-9-13-6-14(10-19)8-15(7-13)11-19/h12-16H,2-11H2,1H3. The van der Waals surface area contributed by atoms with Crippen LogP contribution < -0.4 is 0 Å². The van der Waals surface area contributed by atoms with Crippen LogP contribution in [0.4, 0.5) is 0 Å². The summed E-state index contributed by atoms with van der Waals surface area (Å²) in [5, 5.41) is 13.2. The maximum atomic E-state index is 13.5. The first-order chi connectivity index (χ1) is 12.1. The number of carbonyl (C=O) groups excluding carboxylic acids is 1. The number of aromatic nitrogens is 4. The zero-order valence-corrected chi connectivity index (χ0v) is 15.9. The Kier molecular flexibility index (Phi) is 3.95. The summed E-state index contributed by atoms with van der Waals surface area (Å²) in [7, 11) is 0. The van der Waals surface area contributed by atoms with Gasteiger partial charge in [-0.2, -0.15) is 0 Å². The summed E-state index contributed by atoms with van der Waals surface area (Å²) >= 11 is 1.60. The fourth-order valence-electron chi connectivity index (χ4n) is 6.70. The molecule has 5 aliphatic carbocycles. The van der Waals surface area contributed by atoms with Gasteiger partial charge >= 0.3 is 0 Å². The van der Waals surface area contributed by atoms with Gasteiger partial charge in [0.1, 0.15) is 0 Å². The summed E-state index contributed by atoms with van der Waals surface area (Å²) in [6.45, 7) is 2.08. The van der Waals surface area contributed by atoms with E-state index in [-0.39, 0.29) is 10.7 Å². The second-order valence-corrected chi connectivity index (χ2v) is 10.5. The van der Waals surface area contributed by atoms with Crippen LogP contribution in [0, 0.1) is 23.2 Å². The zero-order valence-electron chi connectivity index (χ0n) is 15.1. The van der Waals surface area contributed by atoms with Gasteiger partial charge in [0.15, 0.2) is 5.78 Å². The van der Waals surface area contributed by atoms with E-state index in [1.54, 1.807) is 11.8 Å². The van der Waals surface area contributed by atoms with Gasteiger partial charge in [-0.25, -0.2) is 4.68 Å². The molecule has 6 heteroatoms. The van der Waals surface area contributed by atoms with E-state index < -0.39 is 0 Å². The molecule has 6 rings (SSSR count). The van der Waals surface area contributed by atoms with E-state index in [0.717, 1.165) is 55.0 Å². The molecular formula is C19H28N4OS. The van der Waals surface area contributed by atoms with E-state index in [0.29, 0.717) is 11.8 Å². The van der Waals surface area contributed by atoms with Gasteiger partial charge in [0, 0.05) is 5.41 Å². The van der Waals surface area contributed by atoms with Crippen molar-refractivity contribution in [3.05, 3.63) is 0 Å². The van der Waals surface area contributed by atoms with Gasteiger partial charge in [0.25, 0.3) is 0 Å². The zero-order chi connectivity index (χ0) is 17.0. The van der Waals surface area contributed by atoms with E-state index in [4.69, 9.17) is 0 Å². The van der Waals surface area contributed by atoms with Crippen LogP contribution in [-0.4, -0.2) is 31.2 Å². The molecule has 0 amide bonds. The third kappa shape index (κ3) is 2.75. The lowest BCUT2D eigenvalue weighted by Gasteiger charge is -2.56. The van der Waals surface area contributed by atoms with Gasteiger partial charge in [0.05, 0.1) is 11.3 Å². The number of tetrazole rings is 1. The van der Waals surface area contributed by atoms with Crippen molar-refractivity contribution >= 4 is 17.5 Å². The fraction of sp³-hybridized carbons (Fsp3) is 0.895. The van der Waals surface area contributed by atoms with Gasteiger partial charge in [-0.3, -0.25) is 4.79 Å². The Morgan fingerprint density at radius 1 is 1.12 bits per heavy atom. The molecule has 0 aliphatic heterocycles. The summed E-state index contributed by atoms with van der Waals surface area (Å²) in [6, 6.07) is 0.430. The highest BCUT2D eigenvalue weighted by molar-refractivity contribution is 8.00. The Morgan fingerprint density at radius 3 is 2.32 bits per heavy atom. The van der Waals surface area contributed by atoms with Crippen LogP contribution in [0.3, 0.4) is 0 Å². The SMILES string of the molecule is CC(Sc1nnnn1C1CCCC1)C(=O)C12CC3CC(CC(C3)C1)C2. The number of ketones is 1. The predicted molar refractivity (Wildman–Crippen MR) is 96.3 cm³/mol. The van der Waals surface area contributed by atoms with Crippen molar-refractivity contribution in [2.45, 2.75) is 87.6 Å². The van der Waals surface area contributed by atoms with Gasteiger partial charge in [-0.15, -0.1) is 5.10 Å². The molecule has 5 fully saturated rings. The molecule has 5 saturated carbocycles. The number of carbonyl (C=O) groups is 1. The molecule has 0 aromatic carbocycles. The van der Waals surface area contributed by atoms with Crippen molar-refractivity contribution < 1.29 is 4.79 Å². The van der Waals surface area contributed by atoms with Gasteiger partial charge in [-0.05, 0) is 86.5 Å². The van der Waals surface area contributed by atoms with E-state index in [2.05, 4.69) is 22.4 Å². The molecule has 1 aromatic rings. The van der Waals surface area contributed by atoms with Crippen LogP contribution in [-0.2, 0) is 4.79 Å². The Hall–Kier alpha value is -0.910. The molecule has 0 radical (unpaired) electrons. The van der Waals surface area contributed by atoms with Crippen molar-refractivity contribution in [2.24, 2.45) is 23.2 Å². The predicted octanol–water partition coefficient (Wildman–Crippen LogP) is 4.05. The smallest absolute Gasteiger partial charge is 0.210 e. The highest BCUT2D eigenvalue weighted by Crippen LogP contribution is 2.61. The van der Waals surface area contributed by atoms with Crippen molar-refractivity contribution in [3.8, 4) is 0 Å². The molecule has 1 heterocycles. The largest absolute Gasteiger partial charge is 0.298 e. The number of nitrogens with zero attached hydrogens (tertiary/aromatic N) is 4. The average molecular weight is 361 g/mol. The van der Waals surface area contributed by atoms with Crippen LogP contribution in [0.15, 0.2) is 5.16 Å². The molecule has 0 N–H and O–H groups in total. The Balaban J connectivity index is 1.32. The summed E-state index contributed by atoms with van der Waals surface area (Å²) < 4.78 is 1.99. The lowest BCUT2D eigenvalue weighted by atomic mass is 9.48. The second-order valence-electron chi connectivity index (χ2n) is 9.17. The highest BCUT2D eigenvalue weighted by Gasteiger charge is 2.55. The molecule has 1 atom stereocenters. The normalized spacial score (nSPS) is 38.4. The van der Waals surface area contributed by atoms with E-state index in [1.165, 1.54) is 32.1 Å². The summed E-state index contributed by atoms with van der Waals surface area (Å²) in [5.41, 5.74) is -0.0210. The maximum Gasteiger partial charge on any atom is 0.210 e. The summed E-state index contributed by atoms with van der Waals surface area (Å²) in [4.78, 5) is 13.5. The monoisotopic (exact) mass is 360 g/mol. The first-order valence-corrected chi connectivity index (χ1v) is 11.0. The summed E-state index contributed by atoms with van der Waals surface area (Å²) in [5.74, 6) is 2.93. The molecule has 5 nitrogen and oxygen atoms in total. The topological polar surface area (TPSA) is 60.7 Å². The van der Waals surface area contributed by atoms with Crippen molar-refractivity contribution in [1.29, 1.82) is 0 Å². The Labute approximate surface area is 153 Å². The first kappa shape index (κ1) is 16.3. The third-order valence-corrected chi connectivity index (χ3v) is 8.39.